The molecule has 3 aromatic carbocycles. The summed E-state index contributed by atoms with van der Waals surface area (Å²) in [7, 11) is 0. The van der Waals surface area contributed by atoms with E-state index < -0.39 is 5.97 Å². The number of hydrogen-bond acceptors (Lipinski definition) is 4. The van der Waals surface area contributed by atoms with Crippen molar-refractivity contribution in [3.8, 4) is 22.3 Å². The van der Waals surface area contributed by atoms with E-state index in [0.717, 1.165) is 22.3 Å². The molecule has 0 atom stereocenters. The highest BCUT2D eigenvalue weighted by Gasteiger charge is 2.32. The SMILES string of the molecule is O=C(O)CCN1C(=O)/C(=C/c2cccc(-c3ccc(-c4ccccc4)cc3)c2)SC1=S. The first kappa shape index (κ1) is 21.0. The molecule has 0 bridgehead atoms. The summed E-state index contributed by atoms with van der Waals surface area (Å²) in [5.74, 6) is -1.20. The number of amides is 1. The Morgan fingerprint density at radius 1 is 0.903 bits per heavy atom. The van der Waals surface area contributed by atoms with Crippen molar-refractivity contribution in [3.05, 3.63) is 89.3 Å². The highest BCUT2D eigenvalue weighted by Crippen LogP contribution is 2.33. The predicted molar refractivity (Wildman–Crippen MR) is 129 cm³/mol. The van der Waals surface area contributed by atoms with Crippen LogP contribution < -0.4 is 0 Å². The van der Waals surface area contributed by atoms with Crippen LogP contribution in [0.15, 0.2) is 83.8 Å². The molecule has 3 aromatic rings. The molecule has 0 spiro atoms. The minimum Gasteiger partial charge on any atom is -0.481 e. The molecule has 1 saturated heterocycles. The van der Waals surface area contributed by atoms with Crippen molar-refractivity contribution < 1.29 is 14.7 Å². The zero-order chi connectivity index (χ0) is 21.8. The summed E-state index contributed by atoms with van der Waals surface area (Å²) >= 11 is 6.46. The summed E-state index contributed by atoms with van der Waals surface area (Å²) < 4.78 is 0.394. The monoisotopic (exact) mass is 445 g/mol. The van der Waals surface area contributed by atoms with E-state index in [1.807, 2.05) is 48.5 Å². The van der Waals surface area contributed by atoms with Gasteiger partial charge in [0.1, 0.15) is 4.32 Å². The molecule has 4 rings (SSSR count). The standard InChI is InChI=1S/C25H19NO3S2/c27-23(28)13-14-26-24(29)22(31-25(26)30)16-17-5-4-8-21(15-17)20-11-9-19(10-12-20)18-6-2-1-3-7-18/h1-12,15-16H,13-14H2,(H,27,28)/b22-16-. The van der Waals surface area contributed by atoms with Gasteiger partial charge in [0, 0.05) is 6.54 Å². The topological polar surface area (TPSA) is 57.6 Å². The molecule has 0 unspecified atom stereocenters. The number of carbonyl (C=O) groups excluding carboxylic acids is 1. The van der Waals surface area contributed by atoms with Gasteiger partial charge in [-0.05, 0) is 40.0 Å². The van der Waals surface area contributed by atoms with Crippen molar-refractivity contribution >= 4 is 46.3 Å². The van der Waals surface area contributed by atoms with Crippen LogP contribution in [0, 0.1) is 0 Å². The van der Waals surface area contributed by atoms with E-state index in [2.05, 4.69) is 36.4 Å². The van der Waals surface area contributed by atoms with E-state index in [1.54, 1.807) is 0 Å². The van der Waals surface area contributed by atoms with E-state index in [0.29, 0.717) is 9.23 Å². The van der Waals surface area contributed by atoms with Crippen molar-refractivity contribution in [1.82, 2.24) is 4.90 Å². The zero-order valence-corrected chi connectivity index (χ0v) is 18.2. The maximum absolute atomic E-state index is 12.6. The fourth-order valence-electron chi connectivity index (χ4n) is 3.35. The lowest BCUT2D eigenvalue weighted by Crippen LogP contribution is -2.30. The van der Waals surface area contributed by atoms with Crippen molar-refractivity contribution in [3.63, 3.8) is 0 Å². The number of carboxylic acid groups (broad SMARTS) is 1. The molecule has 1 fully saturated rings. The van der Waals surface area contributed by atoms with Gasteiger partial charge in [0.25, 0.3) is 5.91 Å². The molecule has 154 valence electrons. The van der Waals surface area contributed by atoms with Gasteiger partial charge in [-0.3, -0.25) is 14.5 Å². The molecule has 1 heterocycles. The summed E-state index contributed by atoms with van der Waals surface area (Å²) in [4.78, 5) is 25.3. The van der Waals surface area contributed by atoms with Gasteiger partial charge in [0.2, 0.25) is 0 Å². The van der Waals surface area contributed by atoms with Gasteiger partial charge in [0.15, 0.2) is 0 Å². The van der Waals surface area contributed by atoms with Gasteiger partial charge < -0.3 is 5.11 Å². The molecule has 0 radical (unpaired) electrons. The van der Waals surface area contributed by atoms with Crippen LogP contribution in [0.1, 0.15) is 12.0 Å². The summed E-state index contributed by atoms with van der Waals surface area (Å²) in [5.41, 5.74) is 5.36. The van der Waals surface area contributed by atoms with Crippen LogP contribution in [0.4, 0.5) is 0 Å². The molecular weight excluding hydrogens is 426 g/mol. The molecular formula is C25H19NO3S2. The molecule has 6 heteroatoms. The predicted octanol–water partition coefficient (Wildman–Crippen LogP) is 5.70. The molecule has 1 amide bonds. The largest absolute Gasteiger partial charge is 0.481 e. The van der Waals surface area contributed by atoms with Gasteiger partial charge >= 0.3 is 5.97 Å². The smallest absolute Gasteiger partial charge is 0.305 e. The van der Waals surface area contributed by atoms with E-state index >= 15 is 0 Å². The number of aliphatic carboxylic acids is 1. The van der Waals surface area contributed by atoms with Crippen molar-refractivity contribution in [2.45, 2.75) is 6.42 Å². The van der Waals surface area contributed by atoms with Gasteiger partial charge in [-0.25, -0.2) is 0 Å². The quantitative estimate of drug-likeness (QED) is 0.390. The highest BCUT2D eigenvalue weighted by molar-refractivity contribution is 8.26. The third-order valence-electron chi connectivity index (χ3n) is 4.93. The number of rotatable bonds is 6. The minimum atomic E-state index is -0.955. The molecule has 0 aliphatic carbocycles. The summed E-state index contributed by atoms with van der Waals surface area (Å²) in [6.45, 7) is 0.0884. The molecule has 0 aromatic heterocycles. The summed E-state index contributed by atoms with van der Waals surface area (Å²) in [6, 6.07) is 26.6. The second-order valence-electron chi connectivity index (χ2n) is 7.05. The third-order valence-corrected chi connectivity index (χ3v) is 6.31. The molecule has 1 aliphatic rings. The van der Waals surface area contributed by atoms with Crippen molar-refractivity contribution in [2.75, 3.05) is 6.54 Å². The van der Waals surface area contributed by atoms with Crippen LogP contribution in [0.5, 0.6) is 0 Å². The fraction of sp³-hybridized carbons (Fsp3) is 0.0800. The maximum atomic E-state index is 12.6. The number of thioether (sulfide) groups is 1. The maximum Gasteiger partial charge on any atom is 0.305 e. The van der Waals surface area contributed by atoms with Crippen molar-refractivity contribution in [2.24, 2.45) is 0 Å². The van der Waals surface area contributed by atoms with Gasteiger partial charge in [-0.2, -0.15) is 0 Å². The fourth-order valence-corrected chi connectivity index (χ4v) is 4.65. The molecule has 4 nitrogen and oxygen atoms in total. The Morgan fingerprint density at radius 2 is 1.52 bits per heavy atom. The second-order valence-corrected chi connectivity index (χ2v) is 8.72. The van der Waals surface area contributed by atoms with E-state index in [-0.39, 0.29) is 18.9 Å². The van der Waals surface area contributed by atoms with Gasteiger partial charge in [-0.1, -0.05) is 96.8 Å². The number of hydrogen-bond donors (Lipinski definition) is 1. The van der Waals surface area contributed by atoms with Gasteiger partial charge in [-0.15, -0.1) is 0 Å². The van der Waals surface area contributed by atoms with Crippen LogP contribution in [0.3, 0.4) is 0 Å². The first-order valence-corrected chi connectivity index (χ1v) is 11.0. The molecule has 1 aliphatic heterocycles. The molecule has 1 N–H and O–H groups in total. The Kier molecular flexibility index (Phi) is 6.30. The number of carboxylic acids is 1. The number of carbonyl (C=O) groups is 2. The summed E-state index contributed by atoms with van der Waals surface area (Å²) in [5, 5.41) is 8.87. The Bertz CT molecular complexity index is 1170. The average Bonchev–Trinajstić information content (AvgIpc) is 3.05. The lowest BCUT2D eigenvalue weighted by atomic mass is 9.99. The van der Waals surface area contributed by atoms with E-state index in [9.17, 15) is 9.59 Å². The van der Waals surface area contributed by atoms with E-state index in [1.165, 1.54) is 22.2 Å². The minimum absolute atomic E-state index is 0.0884. The zero-order valence-electron chi connectivity index (χ0n) is 16.5. The molecule has 31 heavy (non-hydrogen) atoms. The van der Waals surface area contributed by atoms with Crippen LogP contribution in [0.25, 0.3) is 28.3 Å². The van der Waals surface area contributed by atoms with Crippen LogP contribution in [0.2, 0.25) is 0 Å². The van der Waals surface area contributed by atoms with E-state index in [4.69, 9.17) is 17.3 Å². The van der Waals surface area contributed by atoms with Crippen LogP contribution in [-0.4, -0.2) is 32.7 Å². The van der Waals surface area contributed by atoms with Gasteiger partial charge in [0.05, 0.1) is 11.3 Å². The first-order valence-electron chi connectivity index (χ1n) is 9.74. The molecule has 0 saturated carbocycles. The number of benzene rings is 3. The Labute approximate surface area is 190 Å². The normalized spacial score (nSPS) is 15.0. The second kappa shape index (κ2) is 9.29. The van der Waals surface area contributed by atoms with Crippen LogP contribution in [-0.2, 0) is 9.59 Å². The third kappa shape index (κ3) is 4.93. The Hall–Kier alpha value is -3.22. The number of thiocarbonyl (C=S) groups is 1. The average molecular weight is 446 g/mol. The van der Waals surface area contributed by atoms with Crippen LogP contribution >= 0.6 is 24.0 Å². The Balaban J connectivity index is 1.54. The first-order chi connectivity index (χ1) is 15.0. The Morgan fingerprint density at radius 3 is 2.19 bits per heavy atom. The summed E-state index contributed by atoms with van der Waals surface area (Å²) in [6.07, 6.45) is 1.68. The lowest BCUT2D eigenvalue weighted by Gasteiger charge is -2.12. The number of nitrogens with zero attached hydrogens (tertiary/aromatic N) is 1. The highest BCUT2D eigenvalue weighted by atomic mass is 32.2. The lowest BCUT2D eigenvalue weighted by molar-refractivity contribution is -0.137. The van der Waals surface area contributed by atoms with Crippen molar-refractivity contribution in [1.29, 1.82) is 0 Å².